The smallest absolute Gasteiger partial charge is 0.246 e. The SMILES string of the molecule is CC(=O)NC(N(C)S(=O)(=O)c1ccccc1Cl)C(Cl)(Cl)Cl. The van der Waals surface area contributed by atoms with E-state index in [1.165, 1.54) is 32.2 Å². The van der Waals surface area contributed by atoms with Crippen molar-refractivity contribution in [2.45, 2.75) is 21.8 Å². The number of hydrogen-bond acceptors (Lipinski definition) is 3. The van der Waals surface area contributed by atoms with Crippen LogP contribution in [0.15, 0.2) is 29.2 Å². The van der Waals surface area contributed by atoms with Crippen LogP contribution < -0.4 is 5.32 Å². The molecular weight excluding hydrogens is 382 g/mol. The van der Waals surface area contributed by atoms with Crippen molar-refractivity contribution in [2.75, 3.05) is 7.05 Å². The van der Waals surface area contributed by atoms with Crippen LogP contribution in [0.3, 0.4) is 0 Å². The van der Waals surface area contributed by atoms with Crippen LogP contribution in [0.2, 0.25) is 5.02 Å². The molecule has 0 aromatic heterocycles. The number of rotatable bonds is 4. The summed E-state index contributed by atoms with van der Waals surface area (Å²) in [6.45, 7) is 1.18. The molecule has 21 heavy (non-hydrogen) atoms. The number of carbonyl (C=O) groups is 1. The maximum atomic E-state index is 12.5. The largest absolute Gasteiger partial charge is 0.336 e. The van der Waals surface area contributed by atoms with E-state index in [4.69, 9.17) is 46.4 Å². The third-order valence-corrected chi connectivity index (χ3v) is 5.45. The zero-order valence-corrected chi connectivity index (χ0v) is 14.8. The average Bonchev–Trinajstić information content (AvgIpc) is 2.33. The molecule has 10 heteroatoms. The zero-order chi connectivity index (χ0) is 16.4. The van der Waals surface area contributed by atoms with Crippen molar-refractivity contribution in [3.05, 3.63) is 29.3 Å². The van der Waals surface area contributed by atoms with Gasteiger partial charge in [-0.2, -0.15) is 4.31 Å². The number of nitrogens with one attached hydrogen (secondary N) is 1. The third kappa shape index (κ3) is 4.61. The Morgan fingerprint density at radius 1 is 1.29 bits per heavy atom. The fourth-order valence-corrected chi connectivity index (χ4v) is 4.09. The van der Waals surface area contributed by atoms with Gasteiger partial charge >= 0.3 is 0 Å². The van der Waals surface area contributed by atoms with E-state index in [1.54, 1.807) is 6.07 Å². The monoisotopic (exact) mass is 392 g/mol. The normalized spacial score (nSPS) is 14.0. The Labute approximate surface area is 143 Å². The second-order valence-electron chi connectivity index (χ2n) is 4.10. The van der Waals surface area contributed by atoms with Gasteiger partial charge in [0.15, 0.2) is 0 Å². The molecule has 0 saturated carbocycles. The second-order valence-corrected chi connectivity index (χ2v) is 8.84. The lowest BCUT2D eigenvalue weighted by Crippen LogP contribution is -2.55. The number of halogens is 4. The average molecular weight is 394 g/mol. The van der Waals surface area contributed by atoms with Gasteiger partial charge in [0.1, 0.15) is 11.1 Å². The summed E-state index contributed by atoms with van der Waals surface area (Å²) in [6.07, 6.45) is -1.39. The van der Waals surface area contributed by atoms with E-state index < -0.39 is 25.9 Å². The quantitative estimate of drug-likeness (QED) is 0.631. The number of carbonyl (C=O) groups excluding carboxylic acids is 1. The summed E-state index contributed by atoms with van der Waals surface area (Å²) in [5, 5.41) is 2.31. The summed E-state index contributed by atoms with van der Waals surface area (Å²) in [5.74, 6) is -0.549. The van der Waals surface area contributed by atoms with Crippen molar-refractivity contribution in [1.82, 2.24) is 9.62 Å². The van der Waals surface area contributed by atoms with E-state index in [-0.39, 0.29) is 9.92 Å². The Hall–Kier alpha value is -0.240. The first-order valence-corrected chi connectivity index (χ1v) is 8.49. The van der Waals surface area contributed by atoms with Gasteiger partial charge in [-0.1, -0.05) is 58.5 Å². The molecule has 0 radical (unpaired) electrons. The molecule has 118 valence electrons. The van der Waals surface area contributed by atoms with Gasteiger partial charge in [-0.25, -0.2) is 8.42 Å². The lowest BCUT2D eigenvalue weighted by molar-refractivity contribution is -0.120. The van der Waals surface area contributed by atoms with Crippen LogP contribution in [-0.4, -0.2) is 35.6 Å². The molecule has 0 heterocycles. The molecule has 0 spiro atoms. The summed E-state index contributed by atoms with van der Waals surface area (Å²) in [6, 6.07) is 5.83. The summed E-state index contributed by atoms with van der Waals surface area (Å²) in [4.78, 5) is 11.0. The highest BCUT2D eigenvalue weighted by atomic mass is 35.6. The minimum absolute atomic E-state index is 0.0234. The molecule has 0 aliphatic rings. The van der Waals surface area contributed by atoms with E-state index in [2.05, 4.69) is 5.32 Å². The van der Waals surface area contributed by atoms with Gasteiger partial charge in [-0.15, -0.1) is 0 Å². The van der Waals surface area contributed by atoms with Crippen LogP contribution in [0.1, 0.15) is 6.92 Å². The van der Waals surface area contributed by atoms with E-state index in [0.29, 0.717) is 0 Å². The molecule has 1 unspecified atom stereocenters. The minimum Gasteiger partial charge on any atom is -0.336 e. The van der Waals surface area contributed by atoms with Gasteiger partial charge in [0.2, 0.25) is 19.7 Å². The van der Waals surface area contributed by atoms with Gasteiger partial charge < -0.3 is 5.32 Å². The zero-order valence-electron chi connectivity index (χ0n) is 11.0. The summed E-state index contributed by atoms with van der Waals surface area (Å²) >= 11 is 23.1. The van der Waals surface area contributed by atoms with Crippen molar-refractivity contribution in [3.8, 4) is 0 Å². The van der Waals surface area contributed by atoms with Crippen molar-refractivity contribution >= 4 is 62.3 Å². The van der Waals surface area contributed by atoms with Gasteiger partial charge in [-0.05, 0) is 12.1 Å². The molecule has 1 aromatic rings. The van der Waals surface area contributed by atoms with Crippen LogP contribution in [0.25, 0.3) is 0 Å². The lowest BCUT2D eigenvalue weighted by atomic mass is 10.4. The first kappa shape index (κ1) is 18.8. The summed E-state index contributed by atoms with van der Waals surface area (Å²) in [7, 11) is -2.88. The van der Waals surface area contributed by atoms with Crippen molar-refractivity contribution < 1.29 is 13.2 Å². The fourth-order valence-electron chi connectivity index (χ4n) is 1.52. The molecule has 1 N–H and O–H groups in total. The standard InChI is InChI=1S/C11H12Cl4N2O3S/c1-7(18)16-10(11(13,14)15)17(2)21(19,20)9-6-4-3-5-8(9)12/h3-6,10H,1-2H3,(H,16,18). The topological polar surface area (TPSA) is 66.5 Å². The minimum atomic E-state index is -4.06. The Kier molecular flexibility index (Phi) is 6.17. The fraction of sp³-hybridized carbons (Fsp3) is 0.364. The number of amides is 1. The van der Waals surface area contributed by atoms with Gasteiger partial charge in [0.25, 0.3) is 0 Å². The van der Waals surface area contributed by atoms with Crippen LogP contribution >= 0.6 is 46.4 Å². The van der Waals surface area contributed by atoms with Crippen LogP contribution in [0.4, 0.5) is 0 Å². The van der Waals surface area contributed by atoms with E-state index >= 15 is 0 Å². The summed E-state index contributed by atoms with van der Waals surface area (Å²) < 4.78 is 23.8. The van der Waals surface area contributed by atoms with Crippen molar-refractivity contribution in [2.24, 2.45) is 0 Å². The lowest BCUT2D eigenvalue weighted by Gasteiger charge is -2.32. The van der Waals surface area contributed by atoms with Crippen molar-refractivity contribution in [3.63, 3.8) is 0 Å². The highest BCUT2D eigenvalue weighted by Crippen LogP contribution is 2.35. The molecule has 0 fully saturated rings. The van der Waals surface area contributed by atoms with E-state index in [9.17, 15) is 13.2 Å². The van der Waals surface area contributed by atoms with E-state index in [0.717, 1.165) is 4.31 Å². The molecule has 1 aromatic carbocycles. The van der Waals surface area contributed by atoms with E-state index in [1.807, 2.05) is 0 Å². The molecule has 0 bridgehead atoms. The Morgan fingerprint density at radius 2 is 1.81 bits per heavy atom. The number of nitrogens with zero attached hydrogens (tertiary/aromatic N) is 1. The molecule has 0 aliphatic heterocycles. The molecule has 0 aliphatic carbocycles. The predicted octanol–water partition coefficient (Wildman–Crippen LogP) is 2.79. The molecular formula is C11H12Cl4N2O3S. The Bertz CT molecular complexity index is 631. The van der Waals surface area contributed by atoms with Gasteiger partial charge in [-0.3, -0.25) is 4.79 Å². The maximum absolute atomic E-state index is 12.5. The van der Waals surface area contributed by atoms with Crippen molar-refractivity contribution in [1.29, 1.82) is 0 Å². The van der Waals surface area contributed by atoms with Gasteiger partial charge in [0, 0.05) is 14.0 Å². The second kappa shape index (κ2) is 6.89. The molecule has 0 saturated heterocycles. The maximum Gasteiger partial charge on any atom is 0.246 e. The van der Waals surface area contributed by atoms with Crippen LogP contribution in [0.5, 0.6) is 0 Å². The first-order chi connectivity index (χ1) is 9.48. The third-order valence-electron chi connectivity index (χ3n) is 2.51. The predicted molar refractivity (Wildman–Crippen MR) is 84.3 cm³/mol. The van der Waals surface area contributed by atoms with Crippen LogP contribution in [-0.2, 0) is 14.8 Å². The Balaban J connectivity index is 3.28. The molecule has 1 amide bonds. The molecule has 1 rings (SSSR count). The molecule has 5 nitrogen and oxygen atoms in total. The number of hydrogen-bond donors (Lipinski definition) is 1. The summed E-state index contributed by atoms with van der Waals surface area (Å²) in [5.41, 5.74) is 0. The number of alkyl halides is 3. The molecule has 1 atom stereocenters. The Morgan fingerprint density at radius 3 is 2.24 bits per heavy atom. The van der Waals surface area contributed by atoms with Crippen LogP contribution in [0, 0.1) is 0 Å². The first-order valence-electron chi connectivity index (χ1n) is 5.54. The highest BCUT2D eigenvalue weighted by Gasteiger charge is 2.42. The number of benzene rings is 1. The number of sulfonamides is 1. The van der Waals surface area contributed by atoms with Gasteiger partial charge in [0.05, 0.1) is 5.02 Å². The highest BCUT2D eigenvalue weighted by molar-refractivity contribution is 7.89.